The number of halogens is 2. The standard InChI is InChI=1S/C12H17ClN2.ClH/c13-12-10(5-4-8-14-12)9-15-11-6-2-1-3-7-11;/h4-5,8,11,15H,1-3,6-7,9H2;1H. The van der Waals surface area contributed by atoms with Gasteiger partial charge in [-0.2, -0.15) is 0 Å². The van der Waals surface area contributed by atoms with Crippen LogP contribution < -0.4 is 5.32 Å². The van der Waals surface area contributed by atoms with Gasteiger partial charge >= 0.3 is 0 Å². The van der Waals surface area contributed by atoms with E-state index in [2.05, 4.69) is 10.3 Å². The van der Waals surface area contributed by atoms with Crippen molar-refractivity contribution in [2.45, 2.75) is 44.7 Å². The molecule has 90 valence electrons. The van der Waals surface area contributed by atoms with Crippen molar-refractivity contribution in [2.24, 2.45) is 0 Å². The fourth-order valence-corrected chi connectivity index (χ4v) is 2.30. The molecule has 0 unspecified atom stereocenters. The molecule has 0 radical (unpaired) electrons. The molecule has 1 aliphatic rings. The maximum Gasteiger partial charge on any atom is 0.133 e. The van der Waals surface area contributed by atoms with Crippen molar-refractivity contribution in [1.29, 1.82) is 0 Å². The summed E-state index contributed by atoms with van der Waals surface area (Å²) < 4.78 is 0. The van der Waals surface area contributed by atoms with Crippen LogP contribution in [-0.2, 0) is 6.54 Å². The summed E-state index contributed by atoms with van der Waals surface area (Å²) in [6.07, 6.45) is 8.45. The maximum atomic E-state index is 5.99. The Labute approximate surface area is 108 Å². The molecule has 0 spiro atoms. The van der Waals surface area contributed by atoms with Crippen LogP contribution in [0, 0.1) is 0 Å². The largest absolute Gasteiger partial charge is 0.310 e. The third-order valence-corrected chi connectivity index (χ3v) is 3.36. The van der Waals surface area contributed by atoms with Gasteiger partial charge in [-0.15, -0.1) is 12.4 Å². The van der Waals surface area contributed by atoms with Gasteiger partial charge in [-0.3, -0.25) is 0 Å². The molecule has 1 aromatic rings. The molecule has 0 aromatic carbocycles. The van der Waals surface area contributed by atoms with E-state index < -0.39 is 0 Å². The van der Waals surface area contributed by atoms with Gasteiger partial charge in [-0.25, -0.2) is 4.98 Å². The monoisotopic (exact) mass is 260 g/mol. The second-order valence-corrected chi connectivity index (χ2v) is 4.53. The Balaban J connectivity index is 0.00000128. The van der Waals surface area contributed by atoms with E-state index in [0.29, 0.717) is 11.2 Å². The third-order valence-electron chi connectivity index (χ3n) is 3.02. The Kier molecular flexibility index (Phi) is 6.10. The molecular formula is C12H18Cl2N2. The molecule has 0 amide bonds. The van der Waals surface area contributed by atoms with E-state index in [9.17, 15) is 0 Å². The van der Waals surface area contributed by atoms with E-state index >= 15 is 0 Å². The topological polar surface area (TPSA) is 24.9 Å². The van der Waals surface area contributed by atoms with Gasteiger partial charge in [0, 0.05) is 24.3 Å². The van der Waals surface area contributed by atoms with Gasteiger partial charge in [-0.05, 0) is 18.9 Å². The van der Waals surface area contributed by atoms with Crippen molar-refractivity contribution in [1.82, 2.24) is 10.3 Å². The van der Waals surface area contributed by atoms with Gasteiger partial charge in [0.2, 0.25) is 0 Å². The van der Waals surface area contributed by atoms with Crippen LogP contribution in [0.5, 0.6) is 0 Å². The molecule has 1 N–H and O–H groups in total. The number of aromatic nitrogens is 1. The number of nitrogens with one attached hydrogen (secondary N) is 1. The van der Waals surface area contributed by atoms with Crippen LogP contribution in [0.2, 0.25) is 5.15 Å². The smallest absolute Gasteiger partial charge is 0.133 e. The zero-order chi connectivity index (χ0) is 10.5. The summed E-state index contributed by atoms with van der Waals surface area (Å²) in [5.41, 5.74) is 1.10. The van der Waals surface area contributed by atoms with E-state index in [0.717, 1.165) is 12.1 Å². The fourth-order valence-electron chi connectivity index (χ4n) is 2.11. The number of hydrogen-bond donors (Lipinski definition) is 1. The Bertz CT molecular complexity index is 312. The number of nitrogens with zero attached hydrogens (tertiary/aromatic N) is 1. The minimum Gasteiger partial charge on any atom is -0.310 e. The van der Waals surface area contributed by atoms with Gasteiger partial charge in [0.1, 0.15) is 5.15 Å². The molecule has 0 saturated heterocycles. The number of hydrogen-bond acceptors (Lipinski definition) is 2. The zero-order valence-corrected chi connectivity index (χ0v) is 10.9. The van der Waals surface area contributed by atoms with E-state index in [1.54, 1.807) is 6.20 Å². The van der Waals surface area contributed by atoms with Gasteiger partial charge in [-0.1, -0.05) is 36.9 Å². The number of pyridine rings is 1. The molecule has 1 aliphatic carbocycles. The van der Waals surface area contributed by atoms with Crippen LogP contribution in [0.3, 0.4) is 0 Å². The molecule has 4 heteroatoms. The molecule has 1 saturated carbocycles. The Morgan fingerprint density at radius 2 is 2.06 bits per heavy atom. The summed E-state index contributed by atoms with van der Waals surface area (Å²) in [4.78, 5) is 4.07. The summed E-state index contributed by atoms with van der Waals surface area (Å²) in [7, 11) is 0. The first kappa shape index (κ1) is 13.8. The molecule has 1 heterocycles. The minimum atomic E-state index is 0. The second-order valence-electron chi connectivity index (χ2n) is 4.17. The van der Waals surface area contributed by atoms with Crippen molar-refractivity contribution in [3.8, 4) is 0 Å². The first-order valence-electron chi connectivity index (χ1n) is 5.69. The molecule has 1 aromatic heterocycles. The highest BCUT2D eigenvalue weighted by atomic mass is 35.5. The van der Waals surface area contributed by atoms with Crippen molar-refractivity contribution < 1.29 is 0 Å². The van der Waals surface area contributed by atoms with Crippen molar-refractivity contribution in [3.05, 3.63) is 29.0 Å². The SMILES string of the molecule is Cl.Clc1ncccc1CNC1CCCCC1. The normalized spacial score (nSPS) is 16.8. The summed E-state index contributed by atoms with van der Waals surface area (Å²) in [6.45, 7) is 0.845. The lowest BCUT2D eigenvalue weighted by molar-refractivity contribution is 0.372. The Hall–Kier alpha value is -0.310. The first-order chi connectivity index (χ1) is 7.36. The van der Waals surface area contributed by atoms with Gasteiger partial charge < -0.3 is 5.32 Å². The quantitative estimate of drug-likeness (QED) is 0.841. The van der Waals surface area contributed by atoms with Crippen LogP contribution in [0.15, 0.2) is 18.3 Å². The summed E-state index contributed by atoms with van der Waals surface area (Å²) >= 11 is 5.99. The minimum absolute atomic E-state index is 0. The molecule has 0 bridgehead atoms. The zero-order valence-electron chi connectivity index (χ0n) is 9.29. The van der Waals surface area contributed by atoms with Crippen LogP contribution in [0.4, 0.5) is 0 Å². The molecule has 0 atom stereocenters. The van der Waals surface area contributed by atoms with Gasteiger partial charge in [0.25, 0.3) is 0 Å². The highest BCUT2D eigenvalue weighted by Crippen LogP contribution is 2.18. The van der Waals surface area contributed by atoms with Gasteiger partial charge in [0.05, 0.1) is 0 Å². The highest BCUT2D eigenvalue weighted by Gasteiger charge is 2.12. The molecule has 16 heavy (non-hydrogen) atoms. The second kappa shape index (κ2) is 7.10. The average molecular weight is 261 g/mol. The van der Waals surface area contributed by atoms with Crippen molar-refractivity contribution in [2.75, 3.05) is 0 Å². The van der Waals surface area contributed by atoms with E-state index in [4.69, 9.17) is 11.6 Å². The Morgan fingerprint density at radius 3 is 2.75 bits per heavy atom. The van der Waals surface area contributed by atoms with E-state index in [1.165, 1.54) is 32.1 Å². The lowest BCUT2D eigenvalue weighted by Gasteiger charge is -2.22. The predicted molar refractivity (Wildman–Crippen MR) is 70.2 cm³/mol. The van der Waals surface area contributed by atoms with Crippen molar-refractivity contribution in [3.63, 3.8) is 0 Å². The Morgan fingerprint density at radius 1 is 1.31 bits per heavy atom. The fraction of sp³-hybridized carbons (Fsp3) is 0.583. The van der Waals surface area contributed by atoms with Crippen LogP contribution in [0.25, 0.3) is 0 Å². The predicted octanol–water partition coefficient (Wildman–Crippen LogP) is 3.58. The molecule has 2 nitrogen and oxygen atoms in total. The van der Waals surface area contributed by atoms with E-state index in [-0.39, 0.29) is 12.4 Å². The molecular weight excluding hydrogens is 243 g/mol. The maximum absolute atomic E-state index is 5.99. The third kappa shape index (κ3) is 3.93. The average Bonchev–Trinajstić information content (AvgIpc) is 2.29. The van der Waals surface area contributed by atoms with Crippen LogP contribution in [0.1, 0.15) is 37.7 Å². The van der Waals surface area contributed by atoms with Gasteiger partial charge in [0.15, 0.2) is 0 Å². The number of rotatable bonds is 3. The van der Waals surface area contributed by atoms with Crippen LogP contribution in [-0.4, -0.2) is 11.0 Å². The molecule has 0 aliphatic heterocycles. The lowest BCUT2D eigenvalue weighted by atomic mass is 9.95. The molecule has 2 rings (SSSR count). The lowest BCUT2D eigenvalue weighted by Crippen LogP contribution is -2.30. The van der Waals surface area contributed by atoms with Crippen LogP contribution >= 0.6 is 24.0 Å². The van der Waals surface area contributed by atoms with E-state index in [1.807, 2.05) is 12.1 Å². The molecule has 1 fully saturated rings. The summed E-state index contributed by atoms with van der Waals surface area (Å²) in [5, 5.41) is 4.18. The summed E-state index contributed by atoms with van der Waals surface area (Å²) in [5.74, 6) is 0. The first-order valence-corrected chi connectivity index (χ1v) is 6.07. The van der Waals surface area contributed by atoms with Crippen molar-refractivity contribution >= 4 is 24.0 Å². The highest BCUT2D eigenvalue weighted by molar-refractivity contribution is 6.30. The summed E-state index contributed by atoms with van der Waals surface area (Å²) in [6, 6.07) is 4.64.